The number of anilines is 1. The van der Waals surface area contributed by atoms with Gasteiger partial charge >= 0.3 is 0 Å². The Hall–Kier alpha value is -1.69. The van der Waals surface area contributed by atoms with E-state index in [0.717, 1.165) is 40.6 Å². The van der Waals surface area contributed by atoms with E-state index < -0.39 is 0 Å². The maximum absolute atomic E-state index is 11.9. The second kappa shape index (κ2) is 5.97. The molecule has 1 saturated heterocycles. The fraction of sp³-hybridized carbons (Fsp3) is 0.400. The molecule has 2 aromatic rings. The molecular formula is C15H17BrN4O. The van der Waals surface area contributed by atoms with E-state index in [2.05, 4.69) is 36.1 Å². The Bertz CT molecular complexity index is 676. The lowest BCUT2D eigenvalue weighted by atomic mass is 9.97. The number of nitrogens with one attached hydrogen (secondary N) is 1. The van der Waals surface area contributed by atoms with Gasteiger partial charge in [0.05, 0.1) is 11.4 Å². The van der Waals surface area contributed by atoms with Crippen LogP contribution < -0.4 is 10.2 Å². The molecule has 2 heterocycles. The van der Waals surface area contributed by atoms with E-state index in [-0.39, 0.29) is 11.8 Å². The van der Waals surface area contributed by atoms with Crippen molar-refractivity contribution in [3.8, 4) is 0 Å². The van der Waals surface area contributed by atoms with Crippen molar-refractivity contribution in [3.05, 3.63) is 29.0 Å². The summed E-state index contributed by atoms with van der Waals surface area (Å²) in [5, 5.41) is 3.77. The highest BCUT2D eigenvalue weighted by Gasteiger charge is 2.26. The molecule has 1 amide bonds. The maximum atomic E-state index is 11.9. The second-order valence-electron chi connectivity index (χ2n) is 5.26. The van der Waals surface area contributed by atoms with E-state index in [9.17, 15) is 4.79 Å². The van der Waals surface area contributed by atoms with Gasteiger partial charge in [0.1, 0.15) is 12.1 Å². The van der Waals surface area contributed by atoms with Crippen LogP contribution in [0, 0.1) is 5.92 Å². The molecule has 1 fully saturated rings. The molecule has 1 aliphatic heterocycles. The van der Waals surface area contributed by atoms with Crippen molar-refractivity contribution in [2.24, 2.45) is 5.92 Å². The molecule has 3 rings (SSSR count). The fourth-order valence-corrected chi connectivity index (χ4v) is 3.22. The molecule has 1 aliphatic rings. The van der Waals surface area contributed by atoms with Crippen molar-refractivity contribution in [2.75, 3.05) is 25.0 Å². The van der Waals surface area contributed by atoms with E-state index in [1.165, 1.54) is 0 Å². The first-order valence-corrected chi connectivity index (χ1v) is 7.85. The molecule has 0 aliphatic carbocycles. The number of carbonyl (C=O) groups excluding carboxylic acids is 1. The maximum Gasteiger partial charge on any atom is 0.224 e. The number of nitrogens with zero attached hydrogens (tertiary/aromatic N) is 3. The minimum atomic E-state index is 0.0286. The van der Waals surface area contributed by atoms with E-state index in [0.29, 0.717) is 6.54 Å². The van der Waals surface area contributed by atoms with Gasteiger partial charge in [0.25, 0.3) is 0 Å². The largest absolute Gasteiger partial charge is 0.359 e. The van der Waals surface area contributed by atoms with Crippen LogP contribution in [0.2, 0.25) is 0 Å². The van der Waals surface area contributed by atoms with Gasteiger partial charge in [-0.1, -0.05) is 15.9 Å². The van der Waals surface area contributed by atoms with Crippen LogP contribution in [0.5, 0.6) is 0 Å². The summed E-state index contributed by atoms with van der Waals surface area (Å²) in [5.74, 6) is 1.05. The Balaban J connectivity index is 1.96. The van der Waals surface area contributed by atoms with Gasteiger partial charge in [-0.2, -0.15) is 0 Å². The van der Waals surface area contributed by atoms with Gasteiger partial charge < -0.3 is 10.2 Å². The van der Waals surface area contributed by atoms with E-state index in [4.69, 9.17) is 0 Å². The van der Waals surface area contributed by atoms with Crippen molar-refractivity contribution in [1.29, 1.82) is 0 Å². The van der Waals surface area contributed by atoms with Crippen molar-refractivity contribution >= 4 is 38.6 Å². The van der Waals surface area contributed by atoms with Gasteiger partial charge in [0.2, 0.25) is 5.91 Å². The van der Waals surface area contributed by atoms with Crippen LogP contribution in [-0.2, 0) is 4.79 Å². The molecule has 21 heavy (non-hydrogen) atoms. The van der Waals surface area contributed by atoms with Crippen LogP contribution in [0.15, 0.2) is 29.0 Å². The van der Waals surface area contributed by atoms with Gasteiger partial charge in [-0.05, 0) is 31.0 Å². The van der Waals surface area contributed by atoms with Crippen molar-refractivity contribution in [3.63, 3.8) is 0 Å². The van der Waals surface area contributed by atoms with Gasteiger partial charge in [-0.15, -0.1) is 0 Å². The number of benzene rings is 1. The average molecular weight is 349 g/mol. The third-order valence-corrected chi connectivity index (χ3v) is 4.41. The van der Waals surface area contributed by atoms with Crippen molar-refractivity contribution in [1.82, 2.24) is 15.3 Å². The normalized spacial score (nSPS) is 18.8. The van der Waals surface area contributed by atoms with E-state index >= 15 is 0 Å². The van der Waals surface area contributed by atoms with Crippen LogP contribution in [0.3, 0.4) is 0 Å². The minimum absolute atomic E-state index is 0.0286. The highest BCUT2D eigenvalue weighted by atomic mass is 79.9. The third kappa shape index (κ3) is 2.85. The number of carbonyl (C=O) groups is 1. The molecule has 1 aromatic heterocycles. The summed E-state index contributed by atoms with van der Waals surface area (Å²) in [6.45, 7) is 1.63. The predicted molar refractivity (Wildman–Crippen MR) is 86.2 cm³/mol. The molecule has 0 saturated carbocycles. The molecular weight excluding hydrogens is 332 g/mol. The SMILES string of the molecule is CNC(=O)C1CCCN(c2ncnc3ccc(Br)cc23)C1. The summed E-state index contributed by atoms with van der Waals surface area (Å²) < 4.78 is 1.01. The molecule has 1 atom stereocenters. The average Bonchev–Trinajstić information content (AvgIpc) is 2.53. The number of hydrogen-bond acceptors (Lipinski definition) is 4. The summed E-state index contributed by atoms with van der Waals surface area (Å²) >= 11 is 3.50. The van der Waals surface area contributed by atoms with Gasteiger partial charge in [0.15, 0.2) is 0 Å². The summed E-state index contributed by atoms with van der Waals surface area (Å²) in [7, 11) is 1.69. The van der Waals surface area contributed by atoms with Crippen LogP contribution in [-0.4, -0.2) is 36.0 Å². The first kappa shape index (κ1) is 14.3. The molecule has 0 radical (unpaired) electrons. The summed E-state index contributed by atoms with van der Waals surface area (Å²) in [5.41, 5.74) is 0.922. The Kier molecular flexibility index (Phi) is 4.05. The van der Waals surface area contributed by atoms with E-state index in [1.54, 1.807) is 13.4 Å². The molecule has 6 heteroatoms. The first-order chi connectivity index (χ1) is 10.2. The number of aromatic nitrogens is 2. The van der Waals surface area contributed by atoms with Gasteiger partial charge in [0, 0.05) is 30.0 Å². The first-order valence-electron chi connectivity index (χ1n) is 7.06. The number of piperidine rings is 1. The number of amides is 1. The van der Waals surface area contributed by atoms with Crippen LogP contribution >= 0.6 is 15.9 Å². The van der Waals surface area contributed by atoms with Crippen molar-refractivity contribution in [2.45, 2.75) is 12.8 Å². The lowest BCUT2D eigenvalue weighted by Crippen LogP contribution is -2.42. The smallest absolute Gasteiger partial charge is 0.224 e. The van der Waals surface area contributed by atoms with Gasteiger partial charge in [-0.3, -0.25) is 4.79 Å². The molecule has 5 nitrogen and oxygen atoms in total. The van der Waals surface area contributed by atoms with Gasteiger partial charge in [-0.25, -0.2) is 9.97 Å². The van der Waals surface area contributed by atoms with Crippen molar-refractivity contribution < 1.29 is 4.79 Å². The van der Waals surface area contributed by atoms with E-state index in [1.807, 2.05) is 18.2 Å². The minimum Gasteiger partial charge on any atom is -0.359 e. The zero-order valence-electron chi connectivity index (χ0n) is 11.8. The predicted octanol–water partition coefficient (Wildman–Crippen LogP) is 2.35. The molecule has 0 bridgehead atoms. The molecule has 110 valence electrons. The molecule has 1 aromatic carbocycles. The number of hydrogen-bond donors (Lipinski definition) is 1. The number of fused-ring (bicyclic) bond motifs is 1. The zero-order valence-corrected chi connectivity index (χ0v) is 13.4. The highest BCUT2D eigenvalue weighted by molar-refractivity contribution is 9.10. The second-order valence-corrected chi connectivity index (χ2v) is 6.17. The molecule has 1 N–H and O–H groups in total. The highest BCUT2D eigenvalue weighted by Crippen LogP contribution is 2.29. The number of halogens is 1. The third-order valence-electron chi connectivity index (χ3n) is 3.91. The fourth-order valence-electron chi connectivity index (χ4n) is 2.85. The Labute approximate surface area is 131 Å². The molecule has 1 unspecified atom stereocenters. The number of rotatable bonds is 2. The monoisotopic (exact) mass is 348 g/mol. The molecule has 0 spiro atoms. The summed E-state index contributed by atoms with van der Waals surface area (Å²) in [4.78, 5) is 22.8. The Morgan fingerprint density at radius 3 is 3.10 bits per heavy atom. The topological polar surface area (TPSA) is 58.1 Å². The Morgan fingerprint density at radius 2 is 2.29 bits per heavy atom. The summed E-state index contributed by atoms with van der Waals surface area (Å²) in [6, 6.07) is 5.99. The Morgan fingerprint density at radius 1 is 1.43 bits per heavy atom. The van der Waals surface area contributed by atoms with Crippen LogP contribution in [0.4, 0.5) is 5.82 Å². The standard InChI is InChI=1S/C15H17BrN4O/c1-17-15(21)10-3-2-6-20(8-10)14-12-7-11(16)4-5-13(12)18-9-19-14/h4-5,7,9-10H,2-3,6,8H2,1H3,(H,17,21). The lowest BCUT2D eigenvalue weighted by molar-refractivity contribution is -0.124. The van der Waals surface area contributed by atoms with Crippen LogP contribution in [0.1, 0.15) is 12.8 Å². The zero-order chi connectivity index (χ0) is 14.8. The van der Waals surface area contributed by atoms with Crippen LogP contribution in [0.25, 0.3) is 10.9 Å². The summed E-state index contributed by atoms with van der Waals surface area (Å²) in [6.07, 6.45) is 3.52. The quantitative estimate of drug-likeness (QED) is 0.904. The lowest BCUT2D eigenvalue weighted by Gasteiger charge is -2.33.